The van der Waals surface area contributed by atoms with Crippen molar-refractivity contribution in [1.82, 2.24) is 0 Å². The molecule has 0 aromatic heterocycles. The molecule has 0 unspecified atom stereocenters. The van der Waals surface area contributed by atoms with Gasteiger partial charge in [-0.1, -0.05) is 12.1 Å². The molecule has 0 atom stereocenters. The molecule has 144 valence electrons. The molecule has 0 fully saturated rings. The third kappa shape index (κ3) is 4.37. The maximum Gasteiger partial charge on any atom is 0.296 e. The monoisotopic (exact) mass is 383 g/mol. The molecule has 2 aromatic rings. The standard InChI is InChI=1S/C19H17N3O6/c1-26-14-7-8-15(16(10-14)22(24)25)21-19(23)13(11-20)9-12-5-4-6-17(27-2)18(12)28-3/h4-10H,1-3H3,(H,21,23)/b13-9+. The number of hydrogen-bond acceptors (Lipinski definition) is 7. The number of nitrogens with one attached hydrogen (secondary N) is 1. The molecule has 2 aromatic carbocycles. The molecular weight excluding hydrogens is 366 g/mol. The number of rotatable bonds is 7. The molecule has 2 rings (SSSR count). The van der Waals surface area contributed by atoms with Crippen LogP contribution >= 0.6 is 0 Å². The van der Waals surface area contributed by atoms with Crippen LogP contribution in [0.15, 0.2) is 42.0 Å². The fourth-order valence-corrected chi connectivity index (χ4v) is 2.41. The third-order valence-electron chi connectivity index (χ3n) is 3.75. The summed E-state index contributed by atoms with van der Waals surface area (Å²) in [6, 6.07) is 10.7. The second kappa shape index (κ2) is 9.05. The SMILES string of the molecule is COc1ccc(NC(=O)/C(C#N)=C/c2cccc(OC)c2OC)c([N+](=O)[O-])c1. The lowest BCUT2D eigenvalue weighted by molar-refractivity contribution is -0.384. The molecule has 0 radical (unpaired) electrons. The topological polar surface area (TPSA) is 124 Å². The van der Waals surface area contributed by atoms with Gasteiger partial charge in [0.2, 0.25) is 0 Å². The Hall–Kier alpha value is -4.06. The number of nitro groups is 1. The van der Waals surface area contributed by atoms with Crippen LogP contribution in [0.4, 0.5) is 11.4 Å². The lowest BCUT2D eigenvalue weighted by Crippen LogP contribution is -2.14. The van der Waals surface area contributed by atoms with Crippen LogP contribution < -0.4 is 19.5 Å². The Morgan fingerprint density at radius 3 is 2.50 bits per heavy atom. The van der Waals surface area contributed by atoms with Gasteiger partial charge in [-0.2, -0.15) is 5.26 Å². The molecule has 9 heteroatoms. The van der Waals surface area contributed by atoms with Crippen molar-refractivity contribution in [3.63, 3.8) is 0 Å². The highest BCUT2D eigenvalue weighted by molar-refractivity contribution is 6.10. The first-order valence-corrected chi connectivity index (χ1v) is 7.91. The molecule has 0 aliphatic carbocycles. The van der Waals surface area contributed by atoms with E-state index in [1.165, 1.54) is 45.6 Å². The summed E-state index contributed by atoms with van der Waals surface area (Å²) in [6.07, 6.45) is 1.31. The van der Waals surface area contributed by atoms with Gasteiger partial charge in [-0.25, -0.2) is 0 Å². The Bertz CT molecular complexity index is 978. The number of nitriles is 1. The number of anilines is 1. The smallest absolute Gasteiger partial charge is 0.296 e. The summed E-state index contributed by atoms with van der Waals surface area (Å²) in [7, 11) is 4.27. The van der Waals surface area contributed by atoms with Gasteiger partial charge in [0.25, 0.3) is 11.6 Å². The van der Waals surface area contributed by atoms with Gasteiger partial charge in [-0.05, 0) is 24.3 Å². The average molecular weight is 383 g/mol. The van der Waals surface area contributed by atoms with Gasteiger partial charge in [0.15, 0.2) is 11.5 Å². The molecule has 1 N–H and O–H groups in total. The van der Waals surface area contributed by atoms with Crippen LogP contribution in [-0.4, -0.2) is 32.2 Å². The van der Waals surface area contributed by atoms with E-state index in [4.69, 9.17) is 14.2 Å². The van der Waals surface area contributed by atoms with E-state index in [0.29, 0.717) is 17.1 Å². The fourth-order valence-electron chi connectivity index (χ4n) is 2.41. The number of methoxy groups -OCH3 is 3. The molecule has 0 saturated heterocycles. The minimum absolute atomic E-state index is 0.0606. The summed E-state index contributed by atoms with van der Waals surface area (Å²) in [4.78, 5) is 23.1. The summed E-state index contributed by atoms with van der Waals surface area (Å²) >= 11 is 0. The molecule has 0 bridgehead atoms. The van der Waals surface area contributed by atoms with E-state index in [0.717, 1.165) is 0 Å². The zero-order valence-corrected chi connectivity index (χ0v) is 15.4. The fraction of sp³-hybridized carbons (Fsp3) is 0.158. The second-order valence-corrected chi connectivity index (χ2v) is 5.35. The number of para-hydroxylation sites is 1. The van der Waals surface area contributed by atoms with Crippen molar-refractivity contribution in [1.29, 1.82) is 5.26 Å². The van der Waals surface area contributed by atoms with Gasteiger partial charge < -0.3 is 19.5 Å². The van der Waals surface area contributed by atoms with Crippen molar-refractivity contribution in [2.45, 2.75) is 0 Å². The van der Waals surface area contributed by atoms with Gasteiger partial charge >= 0.3 is 0 Å². The summed E-state index contributed by atoms with van der Waals surface area (Å²) in [5, 5.41) is 23.0. The Kier molecular flexibility index (Phi) is 6.54. The highest BCUT2D eigenvalue weighted by Crippen LogP contribution is 2.33. The molecule has 0 saturated carbocycles. The van der Waals surface area contributed by atoms with Gasteiger partial charge in [0, 0.05) is 5.56 Å². The van der Waals surface area contributed by atoms with Crippen LogP contribution in [0, 0.1) is 21.4 Å². The number of benzene rings is 2. The van der Waals surface area contributed by atoms with Crippen molar-refractivity contribution < 1.29 is 23.9 Å². The van der Waals surface area contributed by atoms with E-state index in [9.17, 15) is 20.2 Å². The maximum absolute atomic E-state index is 12.5. The Balaban J connectivity index is 2.40. The van der Waals surface area contributed by atoms with Crippen LogP contribution in [0.25, 0.3) is 6.08 Å². The van der Waals surface area contributed by atoms with E-state index >= 15 is 0 Å². The normalized spacial score (nSPS) is 10.6. The van der Waals surface area contributed by atoms with Crippen LogP contribution in [0.3, 0.4) is 0 Å². The average Bonchev–Trinajstić information content (AvgIpc) is 2.71. The zero-order valence-electron chi connectivity index (χ0n) is 15.4. The van der Waals surface area contributed by atoms with Crippen molar-refractivity contribution in [2.75, 3.05) is 26.6 Å². The number of amides is 1. The third-order valence-corrected chi connectivity index (χ3v) is 3.75. The first-order valence-electron chi connectivity index (χ1n) is 7.91. The molecule has 0 aliphatic heterocycles. The summed E-state index contributed by atoms with van der Waals surface area (Å²) < 4.78 is 15.4. The van der Waals surface area contributed by atoms with Crippen LogP contribution in [0.1, 0.15) is 5.56 Å². The quantitative estimate of drug-likeness (QED) is 0.337. The van der Waals surface area contributed by atoms with Gasteiger partial charge in [-0.15, -0.1) is 0 Å². The van der Waals surface area contributed by atoms with E-state index in [2.05, 4.69) is 5.32 Å². The Morgan fingerprint density at radius 2 is 1.93 bits per heavy atom. The number of ether oxygens (including phenoxy) is 3. The number of nitro benzene ring substituents is 1. The molecule has 28 heavy (non-hydrogen) atoms. The predicted molar refractivity (Wildman–Crippen MR) is 101 cm³/mol. The lowest BCUT2D eigenvalue weighted by atomic mass is 10.1. The Labute approximate surface area is 160 Å². The van der Waals surface area contributed by atoms with E-state index in [1.54, 1.807) is 24.3 Å². The van der Waals surface area contributed by atoms with Crippen LogP contribution in [-0.2, 0) is 4.79 Å². The molecular formula is C19H17N3O6. The van der Waals surface area contributed by atoms with Gasteiger partial charge in [-0.3, -0.25) is 14.9 Å². The summed E-state index contributed by atoms with van der Waals surface area (Å²) in [5.41, 5.74) is -0.243. The van der Waals surface area contributed by atoms with Gasteiger partial charge in [0.05, 0.1) is 32.3 Å². The summed E-state index contributed by atoms with van der Waals surface area (Å²) in [5.74, 6) is 0.239. The number of nitrogens with zero attached hydrogens (tertiary/aromatic N) is 2. The van der Waals surface area contributed by atoms with Crippen LogP contribution in [0.2, 0.25) is 0 Å². The van der Waals surface area contributed by atoms with E-state index in [-0.39, 0.29) is 22.7 Å². The number of carbonyl (C=O) groups excluding carboxylic acids is 1. The highest BCUT2D eigenvalue weighted by atomic mass is 16.6. The Morgan fingerprint density at radius 1 is 1.18 bits per heavy atom. The second-order valence-electron chi connectivity index (χ2n) is 5.35. The minimum Gasteiger partial charge on any atom is -0.496 e. The minimum atomic E-state index is -0.805. The summed E-state index contributed by atoms with van der Waals surface area (Å²) in [6.45, 7) is 0. The van der Waals surface area contributed by atoms with Crippen molar-refractivity contribution in [3.8, 4) is 23.3 Å². The zero-order chi connectivity index (χ0) is 20.7. The predicted octanol–water partition coefficient (Wildman–Crippen LogP) is 3.17. The van der Waals surface area contributed by atoms with Crippen molar-refractivity contribution in [2.24, 2.45) is 0 Å². The van der Waals surface area contributed by atoms with E-state index < -0.39 is 10.8 Å². The molecule has 0 spiro atoms. The molecule has 0 heterocycles. The van der Waals surface area contributed by atoms with Crippen molar-refractivity contribution in [3.05, 3.63) is 57.6 Å². The first kappa shape index (κ1) is 20.3. The maximum atomic E-state index is 12.5. The highest BCUT2D eigenvalue weighted by Gasteiger charge is 2.20. The largest absolute Gasteiger partial charge is 0.496 e. The number of hydrogen-bond donors (Lipinski definition) is 1. The molecule has 0 aliphatic rings. The number of carbonyl (C=O) groups is 1. The van der Waals surface area contributed by atoms with Crippen LogP contribution in [0.5, 0.6) is 17.2 Å². The van der Waals surface area contributed by atoms with Crippen molar-refractivity contribution >= 4 is 23.4 Å². The lowest BCUT2D eigenvalue weighted by Gasteiger charge is -2.11. The molecule has 9 nitrogen and oxygen atoms in total. The van der Waals surface area contributed by atoms with Gasteiger partial charge in [0.1, 0.15) is 23.1 Å². The van der Waals surface area contributed by atoms with E-state index in [1.807, 2.05) is 0 Å². The molecule has 1 amide bonds. The first-order chi connectivity index (χ1) is 13.4.